The van der Waals surface area contributed by atoms with Gasteiger partial charge in [-0.2, -0.15) is 0 Å². The van der Waals surface area contributed by atoms with E-state index in [2.05, 4.69) is 10.6 Å². The second-order valence-corrected chi connectivity index (χ2v) is 3.30. The summed E-state index contributed by atoms with van der Waals surface area (Å²) in [7, 11) is 0. The summed E-state index contributed by atoms with van der Waals surface area (Å²) in [5.74, 6) is -1.68. The molecule has 88 valence electrons. The second-order valence-electron chi connectivity index (χ2n) is 3.30. The maximum Gasteiger partial charge on any atom is 0.328 e. The normalized spacial score (nSPS) is 14.3. The van der Waals surface area contributed by atoms with Crippen LogP contribution in [0.1, 0.15) is 20.3 Å². The van der Waals surface area contributed by atoms with Gasteiger partial charge in [0.25, 0.3) is 0 Å². The largest absolute Gasteiger partial charge is 0.480 e. The summed E-state index contributed by atoms with van der Waals surface area (Å²) >= 11 is 0. The molecule has 0 rings (SSSR count). The lowest BCUT2D eigenvalue weighted by Crippen LogP contribution is -2.50. The zero-order valence-corrected chi connectivity index (χ0v) is 8.99. The number of aliphatic carboxylic acids is 1. The molecule has 0 aliphatic rings. The van der Waals surface area contributed by atoms with Crippen LogP contribution in [0.3, 0.4) is 0 Å². The van der Waals surface area contributed by atoms with Crippen molar-refractivity contribution in [3.05, 3.63) is 0 Å². The van der Waals surface area contributed by atoms with Crippen LogP contribution in [-0.4, -0.2) is 47.3 Å². The van der Waals surface area contributed by atoms with Crippen LogP contribution in [-0.2, 0) is 9.59 Å². The van der Waals surface area contributed by atoms with Crippen LogP contribution < -0.4 is 10.6 Å². The standard InChI is InChI=1S/C9H18N2O4/c1-3-4-10-5-7(13)11-8(6(2)12)9(14)15/h6,8,10,12H,3-5H2,1-2H3,(H,11,13)(H,14,15)/t6-,8+/m1/s1. The quantitative estimate of drug-likeness (QED) is 0.408. The molecule has 0 saturated heterocycles. The molecule has 0 aromatic carbocycles. The molecule has 0 radical (unpaired) electrons. The molecule has 2 atom stereocenters. The molecule has 0 fully saturated rings. The van der Waals surface area contributed by atoms with Crippen molar-refractivity contribution in [2.75, 3.05) is 13.1 Å². The average molecular weight is 218 g/mol. The monoisotopic (exact) mass is 218 g/mol. The number of carbonyl (C=O) groups excluding carboxylic acids is 1. The fourth-order valence-corrected chi connectivity index (χ4v) is 0.992. The van der Waals surface area contributed by atoms with Gasteiger partial charge in [-0.1, -0.05) is 6.92 Å². The highest BCUT2D eigenvalue weighted by atomic mass is 16.4. The van der Waals surface area contributed by atoms with Crippen LogP contribution in [0.15, 0.2) is 0 Å². The van der Waals surface area contributed by atoms with E-state index < -0.39 is 24.0 Å². The summed E-state index contributed by atoms with van der Waals surface area (Å²) in [6, 6.07) is -1.25. The Morgan fingerprint density at radius 1 is 1.40 bits per heavy atom. The predicted molar refractivity (Wildman–Crippen MR) is 54.4 cm³/mol. The highest BCUT2D eigenvalue weighted by molar-refractivity contribution is 5.85. The Balaban J connectivity index is 3.95. The molecule has 0 spiro atoms. The minimum Gasteiger partial charge on any atom is -0.480 e. The van der Waals surface area contributed by atoms with E-state index >= 15 is 0 Å². The van der Waals surface area contributed by atoms with E-state index in [4.69, 9.17) is 10.2 Å². The zero-order chi connectivity index (χ0) is 11.8. The van der Waals surface area contributed by atoms with E-state index in [1.54, 1.807) is 0 Å². The fraction of sp³-hybridized carbons (Fsp3) is 0.778. The van der Waals surface area contributed by atoms with Crippen molar-refractivity contribution in [3.8, 4) is 0 Å². The van der Waals surface area contributed by atoms with E-state index in [1.807, 2.05) is 6.92 Å². The fourth-order valence-electron chi connectivity index (χ4n) is 0.992. The summed E-state index contributed by atoms with van der Waals surface area (Å²) < 4.78 is 0. The molecular formula is C9H18N2O4. The van der Waals surface area contributed by atoms with Gasteiger partial charge in [0.15, 0.2) is 6.04 Å². The molecule has 15 heavy (non-hydrogen) atoms. The van der Waals surface area contributed by atoms with Gasteiger partial charge in [-0.25, -0.2) is 4.79 Å². The van der Waals surface area contributed by atoms with Crippen molar-refractivity contribution in [1.82, 2.24) is 10.6 Å². The second kappa shape index (κ2) is 7.19. The van der Waals surface area contributed by atoms with E-state index in [0.717, 1.165) is 6.42 Å². The van der Waals surface area contributed by atoms with Crippen molar-refractivity contribution in [3.63, 3.8) is 0 Å². The number of carboxylic acid groups (broad SMARTS) is 1. The number of carboxylic acids is 1. The number of nitrogens with one attached hydrogen (secondary N) is 2. The molecule has 1 amide bonds. The first kappa shape index (κ1) is 13.9. The van der Waals surface area contributed by atoms with Crippen LogP contribution in [0.2, 0.25) is 0 Å². The van der Waals surface area contributed by atoms with Crippen molar-refractivity contribution in [2.24, 2.45) is 0 Å². The SMILES string of the molecule is CCCNCC(=O)N[C@H](C(=O)O)[C@@H](C)O. The molecule has 4 N–H and O–H groups in total. The molecular weight excluding hydrogens is 200 g/mol. The number of aliphatic hydroxyl groups excluding tert-OH is 1. The van der Waals surface area contributed by atoms with E-state index in [1.165, 1.54) is 6.92 Å². The number of amides is 1. The number of hydrogen-bond donors (Lipinski definition) is 4. The van der Waals surface area contributed by atoms with Crippen molar-refractivity contribution in [2.45, 2.75) is 32.4 Å². The molecule has 0 unspecified atom stereocenters. The Labute approximate surface area is 88.7 Å². The highest BCUT2D eigenvalue weighted by Gasteiger charge is 2.24. The number of hydrogen-bond acceptors (Lipinski definition) is 4. The van der Waals surface area contributed by atoms with Gasteiger partial charge in [-0.3, -0.25) is 4.79 Å². The summed E-state index contributed by atoms with van der Waals surface area (Å²) in [6.07, 6.45) is -0.218. The lowest BCUT2D eigenvalue weighted by Gasteiger charge is -2.16. The third-order valence-electron chi connectivity index (χ3n) is 1.78. The number of rotatable bonds is 7. The molecule has 0 aliphatic heterocycles. The first-order valence-corrected chi connectivity index (χ1v) is 4.90. The Kier molecular flexibility index (Phi) is 6.64. The van der Waals surface area contributed by atoms with E-state index in [9.17, 15) is 9.59 Å². The van der Waals surface area contributed by atoms with Gasteiger partial charge in [0.2, 0.25) is 5.91 Å². The number of carbonyl (C=O) groups is 2. The van der Waals surface area contributed by atoms with Crippen molar-refractivity contribution in [1.29, 1.82) is 0 Å². The first-order chi connectivity index (χ1) is 6.99. The molecule has 6 nitrogen and oxygen atoms in total. The summed E-state index contributed by atoms with van der Waals surface area (Å²) in [4.78, 5) is 21.8. The van der Waals surface area contributed by atoms with E-state index in [-0.39, 0.29) is 6.54 Å². The van der Waals surface area contributed by atoms with Gasteiger partial charge >= 0.3 is 5.97 Å². The minimum atomic E-state index is -1.25. The Morgan fingerprint density at radius 2 is 2.00 bits per heavy atom. The van der Waals surface area contributed by atoms with Crippen LogP contribution >= 0.6 is 0 Å². The topological polar surface area (TPSA) is 98.7 Å². The third-order valence-corrected chi connectivity index (χ3v) is 1.78. The van der Waals surface area contributed by atoms with Gasteiger partial charge < -0.3 is 20.8 Å². The molecule has 0 bridgehead atoms. The summed E-state index contributed by atoms with van der Waals surface area (Å²) in [5.41, 5.74) is 0. The zero-order valence-electron chi connectivity index (χ0n) is 8.99. The third kappa shape index (κ3) is 6.03. The lowest BCUT2D eigenvalue weighted by molar-refractivity contribution is -0.144. The molecule has 0 aliphatic carbocycles. The van der Waals surface area contributed by atoms with Gasteiger partial charge in [-0.15, -0.1) is 0 Å². The maximum atomic E-state index is 11.2. The minimum absolute atomic E-state index is 0.0599. The summed E-state index contributed by atoms with van der Waals surface area (Å²) in [6.45, 7) is 4.03. The molecule has 0 saturated carbocycles. The van der Waals surface area contributed by atoms with Crippen LogP contribution in [0.5, 0.6) is 0 Å². The maximum absolute atomic E-state index is 11.2. The predicted octanol–water partition coefficient (Wildman–Crippen LogP) is -1.06. The molecule has 6 heteroatoms. The Hall–Kier alpha value is -1.14. The average Bonchev–Trinajstić information content (AvgIpc) is 2.13. The molecule has 0 aromatic rings. The van der Waals surface area contributed by atoms with Crippen molar-refractivity contribution < 1.29 is 19.8 Å². The van der Waals surface area contributed by atoms with Crippen molar-refractivity contribution >= 4 is 11.9 Å². The first-order valence-electron chi connectivity index (χ1n) is 4.90. The van der Waals surface area contributed by atoms with Gasteiger partial charge in [0.05, 0.1) is 12.6 Å². The Morgan fingerprint density at radius 3 is 2.40 bits per heavy atom. The lowest BCUT2D eigenvalue weighted by atomic mass is 10.2. The molecule has 0 heterocycles. The van der Waals surface area contributed by atoms with Gasteiger partial charge in [-0.05, 0) is 19.9 Å². The molecule has 0 aromatic heterocycles. The number of aliphatic hydroxyl groups is 1. The Bertz CT molecular complexity index is 218. The van der Waals surface area contributed by atoms with Gasteiger partial charge in [0.1, 0.15) is 0 Å². The van der Waals surface area contributed by atoms with Gasteiger partial charge in [0, 0.05) is 0 Å². The van der Waals surface area contributed by atoms with Crippen LogP contribution in [0.4, 0.5) is 0 Å². The highest BCUT2D eigenvalue weighted by Crippen LogP contribution is 1.92. The van der Waals surface area contributed by atoms with E-state index in [0.29, 0.717) is 6.54 Å². The smallest absolute Gasteiger partial charge is 0.328 e. The van der Waals surface area contributed by atoms with Crippen LogP contribution in [0, 0.1) is 0 Å². The summed E-state index contributed by atoms with van der Waals surface area (Å²) in [5, 5.41) is 22.8. The van der Waals surface area contributed by atoms with Crippen LogP contribution in [0.25, 0.3) is 0 Å².